The van der Waals surface area contributed by atoms with Crippen molar-refractivity contribution in [3.05, 3.63) is 53.7 Å². The largest absolute Gasteiger partial charge is 0.493 e. The third-order valence-electron chi connectivity index (χ3n) is 4.55. The Hall–Kier alpha value is -3.94. The highest BCUT2D eigenvalue weighted by Crippen LogP contribution is 2.38. The lowest BCUT2D eigenvalue weighted by Crippen LogP contribution is -2.13. The summed E-state index contributed by atoms with van der Waals surface area (Å²) in [5.41, 5.74) is 1.95. The molecule has 0 saturated heterocycles. The molecule has 1 amide bonds. The first kappa shape index (κ1) is 21.8. The fraction of sp³-hybridized carbons (Fsp3) is 0.217. The lowest BCUT2D eigenvalue weighted by molar-refractivity contribution is -0.111. The van der Waals surface area contributed by atoms with Gasteiger partial charge in [0.05, 0.1) is 33.6 Å². The molecule has 2 N–H and O–H groups in total. The summed E-state index contributed by atoms with van der Waals surface area (Å²) >= 11 is 0. The van der Waals surface area contributed by atoms with E-state index in [9.17, 15) is 9.59 Å². The number of fused-ring (bicyclic) bond motifs is 1. The average molecular weight is 424 g/mol. The van der Waals surface area contributed by atoms with Gasteiger partial charge >= 0.3 is 5.97 Å². The highest BCUT2D eigenvalue weighted by atomic mass is 16.5. The van der Waals surface area contributed by atoms with E-state index < -0.39 is 11.9 Å². The maximum Gasteiger partial charge on any atom is 0.356 e. The summed E-state index contributed by atoms with van der Waals surface area (Å²) in [5, 5.41) is 3.49. The first-order valence-corrected chi connectivity index (χ1v) is 9.59. The van der Waals surface area contributed by atoms with Crippen molar-refractivity contribution in [2.45, 2.75) is 6.92 Å². The number of ether oxygens (including phenoxy) is 4. The minimum atomic E-state index is -0.539. The van der Waals surface area contributed by atoms with Crippen LogP contribution in [0.25, 0.3) is 17.0 Å². The molecule has 8 nitrogen and oxygen atoms in total. The van der Waals surface area contributed by atoms with Gasteiger partial charge in [0.2, 0.25) is 11.7 Å². The van der Waals surface area contributed by atoms with E-state index in [0.29, 0.717) is 33.9 Å². The Morgan fingerprint density at radius 3 is 2.32 bits per heavy atom. The van der Waals surface area contributed by atoms with Crippen LogP contribution in [0.3, 0.4) is 0 Å². The Bertz CT molecular complexity index is 1110. The maximum absolute atomic E-state index is 12.6. The van der Waals surface area contributed by atoms with Crippen LogP contribution in [0.1, 0.15) is 23.0 Å². The number of hydrogen-bond donors (Lipinski definition) is 2. The Balaban J connectivity index is 1.89. The number of anilines is 1. The summed E-state index contributed by atoms with van der Waals surface area (Å²) in [6, 6.07) is 10.7. The molecule has 0 radical (unpaired) electrons. The fourth-order valence-corrected chi connectivity index (χ4v) is 3.16. The first-order chi connectivity index (χ1) is 15.0. The van der Waals surface area contributed by atoms with Gasteiger partial charge in [-0.05, 0) is 36.8 Å². The fourth-order valence-electron chi connectivity index (χ4n) is 3.16. The highest BCUT2D eigenvalue weighted by Gasteiger charge is 2.20. The molecular formula is C23H24N2O6. The number of carbonyl (C=O) groups excluding carboxylic acids is 2. The van der Waals surface area contributed by atoms with E-state index in [1.165, 1.54) is 27.4 Å². The van der Waals surface area contributed by atoms with E-state index in [2.05, 4.69) is 10.3 Å². The second-order valence-corrected chi connectivity index (χ2v) is 6.42. The number of benzene rings is 2. The number of hydrogen-bond acceptors (Lipinski definition) is 6. The van der Waals surface area contributed by atoms with Crippen LogP contribution in [0, 0.1) is 0 Å². The molecule has 8 heteroatoms. The summed E-state index contributed by atoms with van der Waals surface area (Å²) in [6.45, 7) is 1.95. The van der Waals surface area contributed by atoms with Crippen LogP contribution in [-0.4, -0.2) is 44.8 Å². The molecule has 0 fully saturated rings. The number of rotatable bonds is 8. The molecule has 31 heavy (non-hydrogen) atoms. The van der Waals surface area contributed by atoms with Crippen LogP contribution < -0.4 is 19.5 Å². The molecule has 0 atom stereocenters. The van der Waals surface area contributed by atoms with E-state index >= 15 is 0 Å². The maximum atomic E-state index is 12.6. The zero-order valence-electron chi connectivity index (χ0n) is 17.8. The van der Waals surface area contributed by atoms with E-state index in [1.807, 2.05) is 24.3 Å². The molecule has 0 aliphatic rings. The molecule has 162 valence electrons. The van der Waals surface area contributed by atoms with Crippen LogP contribution in [0.15, 0.2) is 42.5 Å². The number of esters is 1. The van der Waals surface area contributed by atoms with Crippen molar-refractivity contribution in [1.29, 1.82) is 0 Å². The number of aromatic nitrogens is 1. The van der Waals surface area contributed by atoms with E-state index in [1.54, 1.807) is 25.1 Å². The van der Waals surface area contributed by atoms with E-state index in [-0.39, 0.29) is 12.3 Å². The van der Waals surface area contributed by atoms with Gasteiger partial charge < -0.3 is 29.2 Å². The zero-order chi connectivity index (χ0) is 22.4. The number of aromatic amines is 1. The van der Waals surface area contributed by atoms with Crippen molar-refractivity contribution < 1.29 is 28.5 Å². The summed E-state index contributed by atoms with van der Waals surface area (Å²) in [6.07, 6.45) is 2.97. The molecule has 0 spiro atoms. The van der Waals surface area contributed by atoms with Gasteiger partial charge in [-0.25, -0.2) is 4.79 Å². The van der Waals surface area contributed by atoms with Crippen LogP contribution in [0.2, 0.25) is 0 Å². The van der Waals surface area contributed by atoms with Gasteiger partial charge in [-0.2, -0.15) is 0 Å². The van der Waals surface area contributed by atoms with Gasteiger partial charge in [0.25, 0.3) is 0 Å². The van der Waals surface area contributed by atoms with Crippen LogP contribution >= 0.6 is 0 Å². The second kappa shape index (κ2) is 9.71. The molecule has 1 heterocycles. The average Bonchev–Trinajstić information content (AvgIpc) is 3.15. The highest BCUT2D eigenvalue weighted by molar-refractivity contribution is 6.13. The molecule has 1 aromatic heterocycles. The van der Waals surface area contributed by atoms with Gasteiger partial charge in [-0.1, -0.05) is 18.2 Å². The van der Waals surface area contributed by atoms with Crippen LogP contribution in [-0.2, 0) is 9.53 Å². The predicted molar refractivity (Wildman–Crippen MR) is 118 cm³/mol. The lowest BCUT2D eigenvalue weighted by Gasteiger charge is -2.12. The molecule has 0 aliphatic carbocycles. The number of para-hydroxylation sites is 1. The van der Waals surface area contributed by atoms with Crippen molar-refractivity contribution in [2.24, 2.45) is 0 Å². The third kappa shape index (κ3) is 4.63. The number of H-pyrrole nitrogens is 1. The van der Waals surface area contributed by atoms with Crippen molar-refractivity contribution in [3.8, 4) is 17.2 Å². The summed E-state index contributed by atoms with van der Waals surface area (Å²) in [5.74, 6) is 0.461. The molecule has 2 aromatic carbocycles. The van der Waals surface area contributed by atoms with E-state index in [0.717, 1.165) is 5.52 Å². The molecule has 0 unspecified atom stereocenters. The summed E-state index contributed by atoms with van der Waals surface area (Å²) in [7, 11) is 4.56. The summed E-state index contributed by atoms with van der Waals surface area (Å²) < 4.78 is 21.1. The normalized spacial score (nSPS) is 10.8. The van der Waals surface area contributed by atoms with E-state index in [4.69, 9.17) is 18.9 Å². The van der Waals surface area contributed by atoms with Crippen molar-refractivity contribution >= 4 is 34.5 Å². The SMILES string of the molecule is CCOC(=O)c1[nH]c2ccccc2c1NC(=O)/C=C/c1cc(OC)c(OC)c(OC)c1. The predicted octanol–water partition coefficient (Wildman–Crippen LogP) is 4.02. The van der Waals surface area contributed by atoms with Gasteiger partial charge in [0, 0.05) is 17.0 Å². The van der Waals surface area contributed by atoms with Gasteiger partial charge in [0.1, 0.15) is 5.69 Å². The quantitative estimate of drug-likeness (QED) is 0.419. The molecule has 0 aliphatic heterocycles. The Morgan fingerprint density at radius 2 is 1.71 bits per heavy atom. The van der Waals surface area contributed by atoms with Crippen LogP contribution in [0.4, 0.5) is 5.69 Å². The topological polar surface area (TPSA) is 98.9 Å². The third-order valence-corrected chi connectivity index (χ3v) is 4.55. The Labute approximate surface area is 179 Å². The van der Waals surface area contributed by atoms with Crippen molar-refractivity contribution in [2.75, 3.05) is 33.3 Å². The minimum absolute atomic E-state index is 0.192. The van der Waals surface area contributed by atoms with Gasteiger partial charge in [-0.15, -0.1) is 0 Å². The van der Waals surface area contributed by atoms with Crippen molar-refractivity contribution in [1.82, 2.24) is 4.98 Å². The number of methoxy groups -OCH3 is 3. The lowest BCUT2D eigenvalue weighted by atomic mass is 10.1. The second-order valence-electron chi connectivity index (χ2n) is 6.42. The van der Waals surface area contributed by atoms with Gasteiger partial charge in [0.15, 0.2) is 11.5 Å². The summed E-state index contributed by atoms with van der Waals surface area (Å²) in [4.78, 5) is 28.0. The van der Waals surface area contributed by atoms with Crippen molar-refractivity contribution in [3.63, 3.8) is 0 Å². The molecular weight excluding hydrogens is 400 g/mol. The standard InChI is InChI=1S/C23H24N2O6/c1-5-31-23(27)21-20(15-8-6-7-9-16(15)24-21)25-19(26)11-10-14-12-17(28-2)22(30-4)18(13-14)29-3/h6-13,24H,5H2,1-4H3,(H,25,26)/b11-10+. The molecule has 0 saturated carbocycles. The monoisotopic (exact) mass is 424 g/mol. The smallest absolute Gasteiger partial charge is 0.356 e. The molecule has 3 aromatic rings. The first-order valence-electron chi connectivity index (χ1n) is 9.59. The molecule has 3 rings (SSSR count). The Kier molecular flexibility index (Phi) is 6.81. The van der Waals surface area contributed by atoms with Gasteiger partial charge in [-0.3, -0.25) is 4.79 Å². The number of nitrogens with one attached hydrogen (secondary N) is 2. The minimum Gasteiger partial charge on any atom is -0.493 e. The molecule has 0 bridgehead atoms. The number of carbonyl (C=O) groups is 2. The van der Waals surface area contributed by atoms with Crippen LogP contribution in [0.5, 0.6) is 17.2 Å². The zero-order valence-corrected chi connectivity index (χ0v) is 17.8. The number of amides is 1. The Morgan fingerprint density at radius 1 is 1.03 bits per heavy atom.